The third kappa shape index (κ3) is 2.58. The van der Waals surface area contributed by atoms with Crippen molar-refractivity contribution in [3.05, 3.63) is 53.2 Å². The van der Waals surface area contributed by atoms with Gasteiger partial charge in [0.2, 0.25) is 0 Å². The maximum atomic E-state index is 9.01. The van der Waals surface area contributed by atoms with Gasteiger partial charge in [-0.1, -0.05) is 24.3 Å². The number of anilines is 2. The maximum Gasteiger partial charge on any atom is 0.144 e. The van der Waals surface area contributed by atoms with Crippen LogP contribution in [0.4, 0.5) is 11.5 Å². The lowest BCUT2D eigenvalue weighted by Crippen LogP contribution is -2.05. The molecule has 0 saturated heterocycles. The molecule has 1 aromatic carbocycles. The van der Waals surface area contributed by atoms with Gasteiger partial charge in [-0.15, -0.1) is 0 Å². The molecule has 1 aromatic heterocycles. The second-order valence-corrected chi connectivity index (χ2v) is 4.06. The van der Waals surface area contributed by atoms with Gasteiger partial charge in [-0.25, -0.2) is 4.98 Å². The van der Waals surface area contributed by atoms with Crippen molar-refractivity contribution in [1.29, 1.82) is 5.26 Å². The van der Waals surface area contributed by atoms with Crippen LogP contribution in [0, 0.1) is 18.3 Å². The molecule has 0 aliphatic heterocycles. The highest BCUT2D eigenvalue weighted by atomic mass is 15.0. The highest BCUT2D eigenvalue weighted by Gasteiger charge is 2.04. The Bertz CT molecular complexity index is 599. The zero-order valence-corrected chi connectivity index (χ0v) is 10.1. The molecule has 1 heterocycles. The zero-order valence-electron chi connectivity index (χ0n) is 10.1. The molecule has 2 rings (SSSR count). The van der Waals surface area contributed by atoms with Gasteiger partial charge in [0.25, 0.3) is 0 Å². The number of hydrogen-bond donors (Lipinski definition) is 2. The van der Waals surface area contributed by atoms with Gasteiger partial charge >= 0.3 is 0 Å². The molecule has 0 aliphatic carbocycles. The smallest absolute Gasteiger partial charge is 0.144 e. The summed E-state index contributed by atoms with van der Waals surface area (Å²) in [6.45, 7) is 2.69. The van der Waals surface area contributed by atoms with E-state index < -0.39 is 0 Å². The number of rotatable bonds is 3. The number of nitrogens with two attached hydrogens (primary N) is 1. The molecule has 2 aromatic rings. The van der Waals surface area contributed by atoms with Crippen molar-refractivity contribution in [1.82, 2.24) is 4.98 Å². The van der Waals surface area contributed by atoms with Crippen molar-refractivity contribution in [2.24, 2.45) is 0 Å². The van der Waals surface area contributed by atoms with Gasteiger partial charge in [0.05, 0.1) is 17.4 Å². The fraction of sp³-hybridized carbons (Fsp3) is 0.143. The lowest BCUT2D eigenvalue weighted by molar-refractivity contribution is 1.09. The summed E-state index contributed by atoms with van der Waals surface area (Å²) in [5.74, 6) is 0.565. The molecule has 3 N–H and O–H groups in total. The van der Waals surface area contributed by atoms with Gasteiger partial charge in [-0.05, 0) is 24.1 Å². The van der Waals surface area contributed by atoms with Crippen LogP contribution in [0.25, 0.3) is 0 Å². The van der Waals surface area contributed by atoms with Crippen LogP contribution in [0.3, 0.4) is 0 Å². The fourth-order valence-corrected chi connectivity index (χ4v) is 1.69. The summed E-state index contributed by atoms with van der Waals surface area (Å²) in [6, 6.07) is 11.8. The number of nitrogens with zero attached hydrogens (tertiary/aromatic N) is 2. The van der Waals surface area contributed by atoms with E-state index in [9.17, 15) is 0 Å². The van der Waals surface area contributed by atoms with Crippen molar-refractivity contribution in [3.63, 3.8) is 0 Å². The highest BCUT2D eigenvalue weighted by Crippen LogP contribution is 2.16. The molecule has 0 bridgehead atoms. The third-order valence-corrected chi connectivity index (χ3v) is 2.74. The number of benzene rings is 1. The van der Waals surface area contributed by atoms with Crippen LogP contribution < -0.4 is 11.1 Å². The minimum absolute atomic E-state index is 0.462. The molecule has 90 valence electrons. The van der Waals surface area contributed by atoms with Crippen LogP contribution in [0.5, 0.6) is 0 Å². The van der Waals surface area contributed by atoms with Crippen LogP contribution >= 0.6 is 0 Å². The molecule has 0 unspecified atom stereocenters. The standard InChI is InChI=1S/C14H14N4/c1-10-4-2-3-5-11(10)8-17-14-12(7-15)6-13(16)9-18-14/h2-6,9H,8,16H2,1H3,(H,17,18). The minimum atomic E-state index is 0.462. The Morgan fingerprint density at radius 3 is 2.89 bits per heavy atom. The van der Waals surface area contributed by atoms with Crippen LogP contribution in [-0.4, -0.2) is 4.98 Å². The van der Waals surface area contributed by atoms with E-state index in [1.807, 2.05) is 18.2 Å². The van der Waals surface area contributed by atoms with Gasteiger partial charge in [0.15, 0.2) is 0 Å². The zero-order chi connectivity index (χ0) is 13.0. The highest BCUT2D eigenvalue weighted by molar-refractivity contribution is 5.57. The van der Waals surface area contributed by atoms with Crippen LogP contribution in [0.1, 0.15) is 16.7 Å². The van der Waals surface area contributed by atoms with E-state index >= 15 is 0 Å². The fourth-order valence-electron chi connectivity index (χ4n) is 1.69. The van der Waals surface area contributed by atoms with E-state index in [-0.39, 0.29) is 0 Å². The van der Waals surface area contributed by atoms with Crippen molar-refractivity contribution in [2.75, 3.05) is 11.1 Å². The third-order valence-electron chi connectivity index (χ3n) is 2.74. The van der Waals surface area contributed by atoms with E-state index in [0.29, 0.717) is 23.6 Å². The van der Waals surface area contributed by atoms with Crippen molar-refractivity contribution in [3.8, 4) is 6.07 Å². The van der Waals surface area contributed by atoms with Gasteiger partial charge in [-0.2, -0.15) is 5.26 Å². The molecule has 0 amide bonds. The average Bonchev–Trinajstić information content (AvgIpc) is 2.39. The first kappa shape index (κ1) is 11.9. The van der Waals surface area contributed by atoms with Gasteiger partial charge < -0.3 is 11.1 Å². The maximum absolute atomic E-state index is 9.01. The number of nitriles is 1. The van der Waals surface area contributed by atoms with Crippen molar-refractivity contribution < 1.29 is 0 Å². The average molecular weight is 238 g/mol. The SMILES string of the molecule is Cc1ccccc1CNc1ncc(N)cc1C#N. The summed E-state index contributed by atoms with van der Waals surface area (Å²) in [6.07, 6.45) is 1.54. The first-order valence-electron chi connectivity index (χ1n) is 5.64. The van der Waals surface area contributed by atoms with Crippen molar-refractivity contribution >= 4 is 11.5 Å². The number of hydrogen-bond acceptors (Lipinski definition) is 4. The lowest BCUT2D eigenvalue weighted by Gasteiger charge is -2.09. The minimum Gasteiger partial charge on any atom is -0.397 e. The summed E-state index contributed by atoms with van der Waals surface area (Å²) in [5.41, 5.74) is 8.94. The second kappa shape index (κ2) is 5.19. The molecule has 0 aliphatic rings. The topological polar surface area (TPSA) is 74.7 Å². The largest absolute Gasteiger partial charge is 0.397 e. The van der Waals surface area contributed by atoms with Crippen LogP contribution in [0.2, 0.25) is 0 Å². The van der Waals surface area contributed by atoms with Crippen LogP contribution in [0.15, 0.2) is 36.5 Å². The predicted molar refractivity (Wildman–Crippen MR) is 71.9 cm³/mol. The summed E-state index contributed by atoms with van der Waals surface area (Å²) in [5, 5.41) is 12.2. The Kier molecular flexibility index (Phi) is 3.44. The summed E-state index contributed by atoms with van der Waals surface area (Å²) in [4.78, 5) is 4.14. The molecule has 0 atom stereocenters. The first-order valence-corrected chi connectivity index (χ1v) is 5.64. The number of aromatic nitrogens is 1. The first-order chi connectivity index (χ1) is 8.70. The molecule has 18 heavy (non-hydrogen) atoms. The Hall–Kier alpha value is -2.54. The predicted octanol–water partition coefficient (Wildman–Crippen LogP) is 2.46. The monoisotopic (exact) mass is 238 g/mol. The van der Waals surface area contributed by atoms with Gasteiger partial charge in [0, 0.05) is 6.54 Å². The molecular formula is C14H14N4. The summed E-state index contributed by atoms with van der Waals surface area (Å²) < 4.78 is 0. The molecular weight excluding hydrogens is 224 g/mol. The van der Waals surface area contributed by atoms with E-state index in [4.69, 9.17) is 11.0 Å². The normalized spacial score (nSPS) is 9.78. The van der Waals surface area contributed by atoms with E-state index in [1.54, 1.807) is 12.3 Å². The van der Waals surface area contributed by atoms with E-state index in [0.717, 1.165) is 0 Å². The van der Waals surface area contributed by atoms with Gasteiger partial charge in [0.1, 0.15) is 11.9 Å². The second-order valence-electron chi connectivity index (χ2n) is 4.06. The van der Waals surface area contributed by atoms with E-state index in [1.165, 1.54) is 11.1 Å². The Morgan fingerprint density at radius 1 is 1.39 bits per heavy atom. The molecule has 4 nitrogen and oxygen atoms in total. The molecule has 0 radical (unpaired) electrons. The lowest BCUT2D eigenvalue weighted by atomic mass is 10.1. The Labute approximate surface area is 106 Å². The van der Waals surface area contributed by atoms with Gasteiger partial charge in [-0.3, -0.25) is 0 Å². The van der Waals surface area contributed by atoms with Crippen molar-refractivity contribution in [2.45, 2.75) is 13.5 Å². The number of aryl methyl sites for hydroxylation is 1. The summed E-state index contributed by atoms with van der Waals surface area (Å²) >= 11 is 0. The number of pyridine rings is 1. The molecule has 4 heteroatoms. The quantitative estimate of drug-likeness (QED) is 0.861. The number of nitrogens with one attached hydrogen (secondary N) is 1. The Balaban J connectivity index is 2.16. The molecule has 0 fully saturated rings. The van der Waals surface area contributed by atoms with Crippen LogP contribution in [-0.2, 0) is 6.54 Å². The summed E-state index contributed by atoms with van der Waals surface area (Å²) in [7, 11) is 0. The van der Waals surface area contributed by atoms with E-state index in [2.05, 4.69) is 29.4 Å². The Morgan fingerprint density at radius 2 is 2.17 bits per heavy atom. The number of nitrogen functional groups attached to an aromatic ring is 1. The molecule has 0 spiro atoms. The molecule has 0 saturated carbocycles.